The second-order valence-corrected chi connectivity index (χ2v) is 5.59. The molecule has 0 N–H and O–H groups in total. The van der Waals surface area contributed by atoms with Crippen LogP contribution in [0.15, 0.2) is 25.0 Å². The van der Waals surface area contributed by atoms with Gasteiger partial charge >= 0.3 is 47.7 Å². The van der Waals surface area contributed by atoms with E-state index in [9.17, 15) is 66.7 Å². The summed E-state index contributed by atoms with van der Waals surface area (Å²) in [6.45, 7) is 1.08. The average molecular weight is 512 g/mol. The molecule has 0 aliphatic heterocycles. The zero-order chi connectivity index (χ0) is 26.5. The molecule has 0 radical (unpaired) electrons. The van der Waals surface area contributed by atoms with Crippen LogP contribution in [0.1, 0.15) is 6.42 Å². The van der Waals surface area contributed by atoms with E-state index in [0.717, 1.165) is 0 Å². The van der Waals surface area contributed by atoms with Crippen LogP contribution in [-0.2, 0) is 19.1 Å². The van der Waals surface area contributed by atoms with Gasteiger partial charge in [-0.2, -0.15) is 57.1 Å². The zero-order valence-corrected chi connectivity index (χ0v) is 15.4. The minimum absolute atomic E-state index is 0.289. The van der Waals surface area contributed by atoms with Gasteiger partial charge in [0, 0.05) is 12.0 Å². The highest BCUT2D eigenvalue weighted by Gasteiger charge is 2.90. The molecule has 0 spiro atoms. The summed E-state index contributed by atoms with van der Waals surface area (Å²) in [4.78, 5) is 21.9. The number of rotatable bonds is 9. The van der Waals surface area contributed by atoms with Crippen molar-refractivity contribution in [2.75, 3.05) is 6.61 Å². The van der Waals surface area contributed by atoms with Crippen molar-refractivity contribution < 1.29 is 76.1 Å². The van der Waals surface area contributed by atoms with Gasteiger partial charge in [-0.3, -0.25) is 0 Å². The summed E-state index contributed by atoms with van der Waals surface area (Å²) < 4.78 is 175. The first-order valence-electron chi connectivity index (χ1n) is 7.72. The monoisotopic (exact) mass is 512 g/mol. The molecule has 0 saturated carbocycles. The van der Waals surface area contributed by atoms with Gasteiger partial charge in [-0.1, -0.05) is 12.5 Å². The molecule has 0 rings (SSSR count). The lowest BCUT2D eigenvalue weighted by atomic mass is 9.93. The van der Waals surface area contributed by atoms with Crippen molar-refractivity contribution in [3.05, 3.63) is 25.0 Å². The van der Waals surface area contributed by atoms with Crippen molar-refractivity contribution in [3.8, 4) is 11.8 Å². The van der Waals surface area contributed by atoms with Crippen molar-refractivity contribution in [2.45, 2.75) is 42.2 Å². The van der Waals surface area contributed by atoms with E-state index in [4.69, 9.17) is 0 Å². The van der Waals surface area contributed by atoms with Crippen LogP contribution in [0.3, 0.4) is 0 Å². The van der Waals surface area contributed by atoms with E-state index in [1.165, 1.54) is 0 Å². The summed E-state index contributed by atoms with van der Waals surface area (Å²) in [5.41, 5.74) is 0. The first kappa shape index (κ1) is 30.1. The van der Waals surface area contributed by atoms with E-state index in [-0.39, 0.29) is 6.08 Å². The SMILES string of the molecule is C=COC(=O)C#CC=CC(=O)OCCC(F)(F)C(F)(F)C(F)(F)C(F)(F)C(F)(F)C(F)(F)F. The van der Waals surface area contributed by atoms with Crippen LogP contribution in [-0.4, -0.2) is 54.3 Å². The van der Waals surface area contributed by atoms with E-state index in [0.29, 0.717) is 12.3 Å². The van der Waals surface area contributed by atoms with Gasteiger partial charge < -0.3 is 9.47 Å². The van der Waals surface area contributed by atoms with Crippen LogP contribution in [0.2, 0.25) is 0 Å². The number of alkyl halides is 13. The fourth-order valence-electron chi connectivity index (χ4n) is 1.60. The van der Waals surface area contributed by atoms with Crippen LogP contribution in [0, 0.1) is 11.8 Å². The molecule has 0 aromatic carbocycles. The van der Waals surface area contributed by atoms with Crippen LogP contribution < -0.4 is 0 Å². The molecular weight excluding hydrogens is 503 g/mol. The molecule has 0 saturated heterocycles. The lowest BCUT2D eigenvalue weighted by Crippen LogP contribution is -2.70. The molecule has 0 aromatic heterocycles. The molecule has 0 aromatic rings. The summed E-state index contributed by atoms with van der Waals surface area (Å²) in [5, 5.41) is 0. The zero-order valence-electron chi connectivity index (χ0n) is 15.4. The molecule has 17 heteroatoms. The van der Waals surface area contributed by atoms with Gasteiger partial charge in [-0.15, -0.1) is 0 Å². The third-order valence-corrected chi connectivity index (χ3v) is 3.33. The molecule has 4 nitrogen and oxygen atoms in total. The number of ether oxygens (including phenoxy) is 2. The topological polar surface area (TPSA) is 52.6 Å². The quantitative estimate of drug-likeness (QED) is 0.110. The van der Waals surface area contributed by atoms with Gasteiger partial charge in [0.1, 0.15) is 0 Å². The molecule has 0 amide bonds. The number of carbonyl (C=O) groups is 2. The second-order valence-electron chi connectivity index (χ2n) is 5.59. The van der Waals surface area contributed by atoms with Gasteiger partial charge in [0.05, 0.1) is 19.3 Å². The Morgan fingerprint density at radius 3 is 1.73 bits per heavy atom. The van der Waals surface area contributed by atoms with Crippen molar-refractivity contribution in [3.63, 3.8) is 0 Å². The van der Waals surface area contributed by atoms with Gasteiger partial charge in [0.2, 0.25) is 0 Å². The smallest absolute Gasteiger partial charge is 0.460 e. The van der Waals surface area contributed by atoms with Crippen LogP contribution in [0.25, 0.3) is 0 Å². The Labute approximate surface area is 175 Å². The molecule has 0 fully saturated rings. The molecule has 0 bridgehead atoms. The normalized spacial score (nSPS) is 13.8. The summed E-state index contributed by atoms with van der Waals surface area (Å²) in [6.07, 6.45) is -8.70. The van der Waals surface area contributed by atoms with E-state index in [1.807, 2.05) is 5.92 Å². The van der Waals surface area contributed by atoms with Crippen molar-refractivity contribution in [2.24, 2.45) is 0 Å². The van der Waals surface area contributed by atoms with E-state index in [2.05, 4.69) is 16.1 Å². The van der Waals surface area contributed by atoms with E-state index >= 15 is 0 Å². The molecule has 0 aliphatic rings. The minimum atomic E-state index is -8.00. The van der Waals surface area contributed by atoms with Crippen molar-refractivity contribution in [1.29, 1.82) is 0 Å². The number of hydrogen-bond donors (Lipinski definition) is 0. The molecule has 188 valence electrons. The van der Waals surface area contributed by atoms with Gasteiger partial charge in [0.15, 0.2) is 0 Å². The summed E-state index contributed by atoms with van der Waals surface area (Å²) in [7, 11) is 0. The Balaban J connectivity index is 5.43. The first-order chi connectivity index (χ1) is 14.6. The molecule has 0 heterocycles. The second kappa shape index (κ2) is 9.91. The lowest BCUT2D eigenvalue weighted by Gasteiger charge is -2.39. The summed E-state index contributed by atoms with van der Waals surface area (Å²) in [5.74, 6) is -36.9. The maximum atomic E-state index is 13.5. The van der Waals surface area contributed by atoms with Gasteiger partial charge in [0.25, 0.3) is 0 Å². The number of carbonyl (C=O) groups excluding carboxylic acids is 2. The maximum absolute atomic E-state index is 13.5. The first-order valence-corrected chi connectivity index (χ1v) is 7.72. The lowest BCUT2D eigenvalue weighted by molar-refractivity contribution is -0.440. The molecule has 33 heavy (non-hydrogen) atoms. The highest BCUT2D eigenvalue weighted by atomic mass is 19.4. The molecule has 0 atom stereocenters. The number of allylic oxidation sites excluding steroid dienone is 1. The van der Waals surface area contributed by atoms with E-state index in [1.54, 1.807) is 5.92 Å². The predicted octanol–water partition coefficient (Wildman–Crippen LogP) is 4.90. The fourth-order valence-corrected chi connectivity index (χ4v) is 1.60. The van der Waals surface area contributed by atoms with Crippen LogP contribution >= 0.6 is 0 Å². The number of esters is 2. The Morgan fingerprint density at radius 2 is 1.27 bits per heavy atom. The number of halogens is 13. The Bertz CT molecular complexity index is 832. The van der Waals surface area contributed by atoms with Crippen molar-refractivity contribution in [1.82, 2.24) is 0 Å². The van der Waals surface area contributed by atoms with Gasteiger partial charge in [-0.05, 0) is 6.08 Å². The highest BCUT2D eigenvalue weighted by Crippen LogP contribution is 2.60. The third kappa shape index (κ3) is 6.11. The minimum Gasteiger partial charge on any atom is -0.462 e. The Morgan fingerprint density at radius 1 is 0.788 bits per heavy atom. The molecular formula is C16H9F13O4. The largest absolute Gasteiger partial charge is 0.462 e. The van der Waals surface area contributed by atoms with Crippen LogP contribution in [0.5, 0.6) is 0 Å². The van der Waals surface area contributed by atoms with Crippen molar-refractivity contribution >= 4 is 11.9 Å². The fraction of sp³-hybridized carbons (Fsp3) is 0.500. The average Bonchev–Trinajstić information content (AvgIpc) is 2.63. The Hall–Kier alpha value is -2.93. The highest BCUT2D eigenvalue weighted by molar-refractivity contribution is 5.89. The van der Waals surface area contributed by atoms with E-state index < -0.39 is 60.8 Å². The number of hydrogen-bond acceptors (Lipinski definition) is 4. The molecule has 0 unspecified atom stereocenters. The maximum Gasteiger partial charge on any atom is 0.460 e. The summed E-state index contributed by atoms with van der Waals surface area (Å²) in [6, 6.07) is 0. The van der Waals surface area contributed by atoms with Crippen LogP contribution in [0.4, 0.5) is 57.1 Å². The standard InChI is InChI=1S/C16H9F13O4/c1-2-32-9(30)5-3-4-6-10(31)33-8-7-11(17,18)12(19,20)13(21,22)14(23,24)15(25,26)16(27,28)29/h2,4,6H,1,7-8H2. The third-order valence-electron chi connectivity index (χ3n) is 3.33. The predicted molar refractivity (Wildman–Crippen MR) is 79.6 cm³/mol. The van der Waals surface area contributed by atoms with Gasteiger partial charge in [-0.25, -0.2) is 9.59 Å². The molecule has 0 aliphatic carbocycles. The Kier molecular flexibility index (Phi) is 9.03. The summed E-state index contributed by atoms with van der Waals surface area (Å²) >= 11 is 0.